The van der Waals surface area contributed by atoms with Crippen molar-refractivity contribution < 1.29 is 9.47 Å². The Morgan fingerprint density at radius 1 is 1.06 bits per heavy atom. The van der Waals surface area contributed by atoms with Crippen molar-refractivity contribution in [1.29, 1.82) is 0 Å². The summed E-state index contributed by atoms with van der Waals surface area (Å²) in [6, 6.07) is 5.68. The Hall–Kier alpha value is -1.62. The second-order valence-electron chi connectivity index (χ2n) is 3.51. The van der Waals surface area contributed by atoms with Crippen LogP contribution < -0.4 is 9.47 Å². The zero-order valence-electron chi connectivity index (χ0n) is 10.2. The van der Waals surface area contributed by atoms with Gasteiger partial charge < -0.3 is 9.47 Å². The molecule has 0 saturated heterocycles. The van der Waals surface area contributed by atoms with Crippen LogP contribution >= 0.6 is 0 Å². The van der Waals surface area contributed by atoms with E-state index in [4.69, 9.17) is 9.47 Å². The predicted octanol–water partition coefficient (Wildman–Crippen LogP) is 3.25. The molecule has 0 radical (unpaired) electrons. The Balaban J connectivity index is 2.81. The molecule has 1 aromatic carbocycles. The van der Waals surface area contributed by atoms with E-state index in [0.29, 0.717) is 0 Å². The lowest BCUT2D eigenvalue weighted by Gasteiger charge is -2.04. The molecule has 2 heteroatoms. The smallest absolute Gasteiger partial charge is 0.123 e. The van der Waals surface area contributed by atoms with Crippen molar-refractivity contribution in [2.24, 2.45) is 0 Å². The van der Waals surface area contributed by atoms with Gasteiger partial charge in [-0.25, -0.2) is 0 Å². The van der Waals surface area contributed by atoms with Gasteiger partial charge in [-0.3, -0.25) is 0 Å². The fraction of sp³-hybridized carbons (Fsp3) is 0.429. The average molecular weight is 218 g/mol. The van der Waals surface area contributed by atoms with Crippen LogP contribution in [0.25, 0.3) is 0 Å². The Labute approximate surface area is 97.6 Å². The van der Waals surface area contributed by atoms with E-state index in [2.05, 4.69) is 18.8 Å². The minimum absolute atomic E-state index is 0.777. The van der Waals surface area contributed by atoms with E-state index in [1.165, 1.54) is 6.42 Å². The number of hydrogen-bond donors (Lipinski definition) is 0. The molecule has 0 N–H and O–H groups in total. The summed E-state index contributed by atoms with van der Waals surface area (Å²) in [5.74, 6) is 7.82. The first-order chi connectivity index (χ1) is 7.80. The molecule has 0 aromatic heterocycles. The first kappa shape index (κ1) is 12.4. The average Bonchev–Trinajstić information content (AvgIpc) is 2.34. The highest BCUT2D eigenvalue weighted by Gasteiger charge is 1.98. The Morgan fingerprint density at radius 2 is 1.69 bits per heavy atom. The largest absolute Gasteiger partial charge is 0.497 e. The second kappa shape index (κ2) is 6.79. The molecule has 0 unspecified atom stereocenters. The number of ether oxygens (including phenoxy) is 2. The van der Waals surface area contributed by atoms with E-state index in [1.807, 2.05) is 18.2 Å². The van der Waals surface area contributed by atoms with Crippen molar-refractivity contribution >= 4 is 0 Å². The summed E-state index contributed by atoms with van der Waals surface area (Å²) in [6.45, 7) is 2.16. The molecule has 0 heterocycles. The number of methoxy groups -OCH3 is 2. The van der Waals surface area contributed by atoms with Gasteiger partial charge in [0.25, 0.3) is 0 Å². The zero-order valence-corrected chi connectivity index (χ0v) is 10.2. The molecule has 16 heavy (non-hydrogen) atoms. The van der Waals surface area contributed by atoms with Crippen LogP contribution in [0.5, 0.6) is 11.5 Å². The van der Waals surface area contributed by atoms with E-state index in [0.717, 1.165) is 29.9 Å². The van der Waals surface area contributed by atoms with Gasteiger partial charge in [0.05, 0.1) is 14.2 Å². The lowest BCUT2D eigenvalue weighted by molar-refractivity contribution is 0.394. The summed E-state index contributed by atoms with van der Waals surface area (Å²) in [4.78, 5) is 0. The lowest BCUT2D eigenvalue weighted by Crippen LogP contribution is -1.88. The summed E-state index contributed by atoms with van der Waals surface area (Å²) >= 11 is 0. The molecule has 1 rings (SSSR count). The second-order valence-corrected chi connectivity index (χ2v) is 3.51. The minimum Gasteiger partial charge on any atom is -0.497 e. The Morgan fingerprint density at radius 3 is 2.19 bits per heavy atom. The van der Waals surface area contributed by atoms with Crippen LogP contribution in [-0.4, -0.2) is 14.2 Å². The van der Waals surface area contributed by atoms with Gasteiger partial charge in [-0.05, 0) is 18.6 Å². The van der Waals surface area contributed by atoms with Crippen LogP contribution in [0.15, 0.2) is 18.2 Å². The molecule has 0 amide bonds. The van der Waals surface area contributed by atoms with Crippen molar-refractivity contribution in [2.45, 2.75) is 26.2 Å². The Bertz CT molecular complexity index is 363. The van der Waals surface area contributed by atoms with Gasteiger partial charge in [0, 0.05) is 18.1 Å². The van der Waals surface area contributed by atoms with Gasteiger partial charge in [0.15, 0.2) is 0 Å². The third-order valence-electron chi connectivity index (χ3n) is 2.24. The maximum Gasteiger partial charge on any atom is 0.123 e. The molecule has 86 valence electrons. The third-order valence-corrected chi connectivity index (χ3v) is 2.24. The number of benzene rings is 1. The molecule has 0 spiro atoms. The molecular weight excluding hydrogens is 200 g/mol. The maximum absolute atomic E-state index is 5.18. The normalized spacial score (nSPS) is 9.19. The Kier molecular flexibility index (Phi) is 5.28. The summed E-state index contributed by atoms with van der Waals surface area (Å²) in [5.41, 5.74) is 0.937. The standard InChI is InChI=1S/C14H18O2/c1-4-5-6-7-8-12-9-13(15-2)11-14(10-12)16-3/h9-11H,4-6H2,1-3H3. The zero-order chi connectivity index (χ0) is 11.8. The van der Waals surface area contributed by atoms with Gasteiger partial charge in [-0.1, -0.05) is 25.2 Å². The molecule has 0 saturated carbocycles. The first-order valence-corrected chi connectivity index (χ1v) is 5.52. The summed E-state index contributed by atoms with van der Waals surface area (Å²) in [5, 5.41) is 0. The van der Waals surface area contributed by atoms with E-state index in [-0.39, 0.29) is 0 Å². The molecule has 2 nitrogen and oxygen atoms in total. The van der Waals surface area contributed by atoms with Crippen LogP contribution in [0.3, 0.4) is 0 Å². The van der Waals surface area contributed by atoms with Crippen LogP contribution in [0.2, 0.25) is 0 Å². The van der Waals surface area contributed by atoms with Crippen molar-refractivity contribution in [2.75, 3.05) is 14.2 Å². The van der Waals surface area contributed by atoms with Crippen molar-refractivity contribution in [3.8, 4) is 23.3 Å². The number of hydrogen-bond acceptors (Lipinski definition) is 2. The molecule has 0 aliphatic rings. The monoisotopic (exact) mass is 218 g/mol. The highest BCUT2D eigenvalue weighted by molar-refractivity contribution is 5.46. The minimum atomic E-state index is 0.777. The molecule has 0 fully saturated rings. The van der Waals surface area contributed by atoms with E-state index in [1.54, 1.807) is 14.2 Å². The lowest BCUT2D eigenvalue weighted by atomic mass is 10.2. The molecule has 0 atom stereocenters. The third kappa shape index (κ3) is 3.86. The van der Waals surface area contributed by atoms with Gasteiger partial charge in [0.2, 0.25) is 0 Å². The maximum atomic E-state index is 5.18. The topological polar surface area (TPSA) is 18.5 Å². The van der Waals surface area contributed by atoms with Gasteiger partial charge in [0.1, 0.15) is 11.5 Å². The van der Waals surface area contributed by atoms with Gasteiger partial charge >= 0.3 is 0 Å². The van der Waals surface area contributed by atoms with Crippen molar-refractivity contribution in [3.05, 3.63) is 23.8 Å². The fourth-order valence-electron chi connectivity index (χ4n) is 1.31. The number of unbranched alkanes of at least 4 members (excludes halogenated alkanes) is 2. The quantitative estimate of drug-likeness (QED) is 0.570. The van der Waals surface area contributed by atoms with Gasteiger partial charge in [-0.15, -0.1) is 0 Å². The summed E-state index contributed by atoms with van der Waals surface area (Å²) < 4.78 is 10.4. The molecule has 0 aliphatic heterocycles. The fourth-order valence-corrected chi connectivity index (χ4v) is 1.31. The predicted molar refractivity (Wildman–Crippen MR) is 65.9 cm³/mol. The SMILES string of the molecule is CCCCC#Cc1cc(OC)cc(OC)c1. The molecule has 0 aliphatic carbocycles. The van der Waals surface area contributed by atoms with Crippen molar-refractivity contribution in [3.63, 3.8) is 0 Å². The van der Waals surface area contributed by atoms with Gasteiger partial charge in [-0.2, -0.15) is 0 Å². The van der Waals surface area contributed by atoms with Crippen LogP contribution in [-0.2, 0) is 0 Å². The van der Waals surface area contributed by atoms with Crippen LogP contribution in [0.1, 0.15) is 31.7 Å². The highest BCUT2D eigenvalue weighted by Crippen LogP contribution is 2.21. The molecule has 0 bridgehead atoms. The highest BCUT2D eigenvalue weighted by atomic mass is 16.5. The van der Waals surface area contributed by atoms with E-state index < -0.39 is 0 Å². The van der Waals surface area contributed by atoms with E-state index >= 15 is 0 Å². The van der Waals surface area contributed by atoms with E-state index in [9.17, 15) is 0 Å². The summed E-state index contributed by atoms with van der Waals surface area (Å²) in [6.07, 6.45) is 3.26. The molecule has 1 aromatic rings. The number of rotatable bonds is 4. The first-order valence-electron chi connectivity index (χ1n) is 5.52. The molecular formula is C14H18O2. The van der Waals surface area contributed by atoms with Crippen molar-refractivity contribution in [1.82, 2.24) is 0 Å². The van der Waals surface area contributed by atoms with Crippen LogP contribution in [0, 0.1) is 11.8 Å². The van der Waals surface area contributed by atoms with Crippen LogP contribution in [0.4, 0.5) is 0 Å². The summed E-state index contributed by atoms with van der Waals surface area (Å²) in [7, 11) is 3.28.